The van der Waals surface area contributed by atoms with E-state index in [9.17, 15) is 9.59 Å². The number of carbonyl (C=O) groups is 2. The van der Waals surface area contributed by atoms with Crippen LogP contribution >= 0.6 is 23.2 Å². The summed E-state index contributed by atoms with van der Waals surface area (Å²) < 4.78 is 10.9. The highest BCUT2D eigenvalue weighted by molar-refractivity contribution is 6.34. The Morgan fingerprint density at radius 1 is 0.615 bits per heavy atom. The van der Waals surface area contributed by atoms with Crippen LogP contribution in [-0.2, 0) is 0 Å². The molecule has 4 aromatic carbocycles. The molecular formula is C29H26Cl2N4O4. The molecule has 0 aliphatic heterocycles. The number of ether oxygens (including phenoxy) is 2. The Hall–Kier alpha value is -4.40. The van der Waals surface area contributed by atoms with Gasteiger partial charge >= 0.3 is 0 Å². The molecule has 0 heterocycles. The van der Waals surface area contributed by atoms with Crippen LogP contribution in [0.3, 0.4) is 0 Å². The minimum atomic E-state index is -0.346. The van der Waals surface area contributed by atoms with E-state index >= 15 is 0 Å². The van der Waals surface area contributed by atoms with Crippen LogP contribution < -0.4 is 31.0 Å². The van der Waals surface area contributed by atoms with Gasteiger partial charge in [0.2, 0.25) is 0 Å². The highest BCUT2D eigenvalue weighted by atomic mass is 35.5. The van der Waals surface area contributed by atoms with E-state index < -0.39 is 0 Å². The lowest BCUT2D eigenvalue weighted by Crippen LogP contribution is -2.16. The van der Waals surface area contributed by atoms with E-state index in [1.165, 1.54) is 14.2 Å². The van der Waals surface area contributed by atoms with Crippen LogP contribution in [0.4, 0.5) is 22.7 Å². The summed E-state index contributed by atoms with van der Waals surface area (Å²) in [5.74, 6) is 0.314. The van der Waals surface area contributed by atoms with E-state index in [-0.39, 0.29) is 11.8 Å². The Labute approximate surface area is 236 Å². The fourth-order valence-corrected chi connectivity index (χ4v) is 4.08. The van der Waals surface area contributed by atoms with Gasteiger partial charge in [-0.05, 0) is 73.2 Å². The van der Waals surface area contributed by atoms with Crippen LogP contribution in [0.1, 0.15) is 26.3 Å². The van der Waals surface area contributed by atoms with Crippen LogP contribution in [0.5, 0.6) is 11.5 Å². The van der Waals surface area contributed by atoms with Gasteiger partial charge in [-0.1, -0.05) is 41.4 Å². The molecule has 2 amide bonds. The van der Waals surface area contributed by atoms with Gasteiger partial charge in [0, 0.05) is 21.8 Å². The maximum atomic E-state index is 13.0. The number of methoxy groups -OCH3 is 2. The largest absolute Gasteiger partial charge is 0.495 e. The SMILES string of the molecule is COc1ccc(C(=O)Nc2ccccc2Cl)cc1NNc1cc(C(=O)Nc2cccc(Cl)c2C)ccc1OC. The predicted molar refractivity (Wildman–Crippen MR) is 157 cm³/mol. The quantitative estimate of drug-likeness (QED) is 0.159. The molecule has 200 valence electrons. The molecule has 0 spiro atoms. The number of nitrogens with one attached hydrogen (secondary N) is 4. The van der Waals surface area contributed by atoms with Gasteiger partial charge in [-0.2, -0.15) is 0 Å². The third-order valence-electron chi connectivity index (χ3n) is 5.89. The Bertz CT molecular complexity index is 1530. The summed E-state index contributed by atoms with van der Waals surface area (Å²) in [7, 11) is 3.04. The van der Waals surface area contributed by atoms with Gasteiger partial charge in [0.05, 0.1) is 36.3 Å². The highest BCUT2D eigenvalue weighted by Crippen LogP contribution is 2.31. The second-order valence-electron chi connectivity index (χ2n) is 8.38. The summed E-state index contributed by atoms with van der Waals surface area (Å²) in [6, 6.07) is 22.2. The summed E-state index contributed by atoms with van der Waals surface area (Å²) in [5, 5.41) is 6.67. The Morgan fingerprint density at radius 2 is 1.10 bits per heavy atom. The van der Waals surface area contributed by atoms with Crippen molar-refractivity contribution in [2.75, 3.05) is 35.7 Å². The van der Waals surface area contributed by atoms with E-state index in [0.717, 1.165) is 5.56 Å². The van der Waals surface area contributed by atoms with Gasteiger partial charge in [-0.15, -0.1) is 0 Å². The van der Waals surface area contributed by atoms with E-state index in [2.05, 4.69) is 21.5 Å². The zero-order valence-corrected chi connectivity index (χ0v) is 22.9. The molecule has 0 bridgehead atoms. The lowest BCUT2D eigenvalue weighted by Gasteiger charge is -2.17. The average molecular weight is 565 g/mol. The zero-order valence-electron chi connectivity index (χ0n) is 21.4. The van der Waals surface area contributed by atoms with Crippen LogP contribution in [0.2, 0.25) is 10.0 Å². The van der Waals surface area contributed by atoms with E-state index in [1.54, 1.807) is 78.9 Å². The number of amides is 2. The standard InChI is InChI=1S/C29H26Cl2N4O4/c1-17-20(30)8-6-10-22(17)32-28(36)18-11-13-26(38-2)24(15-18)34-35-25-16-19(12-14-27(25)39-3)29(37)33-23-9-5-4-7-21(23)31/h4-16,34-35H,1-3H3,(H,32,36)(H,33,37). The molecule has 4 N–H and O–H groups in total. The lowest BCUT2D eigenvalue weighted by molar-refractivity contribution is 0.101. The van der Waals surface area contributed by atoms with Crippen molar-refractivity contribution in [3.63, 3.8) is 0 Å². The molecule has 0 aromatic heterocycles. The topological polar surface area (TPSA) is 101 Å². The summed E-state index contributed by atoms with van der Waals surface area (Å²) in [6.45, 7) is 1.83. The Balaban J connectivity index is 1.54. The maximum Gasteiger partial charge on any atom is 0.255 e. The first-order chi connectivity index (χ1) is 18.8. The Kier molecular flexibility index (Phi) is 8.81. The second kappa shape index (κ2) is 12.4. The van der Waals surface area contributed by atoms with Gasteiger partial charge in [-0.3, -0.25) is 20.4 Å². The molecule has 0 unspecified atom stereocenters. The van der Waals surface area contributed by atoms with Crippen molar-refractivity contribution in [3.8, 4) is 11.5 Å². The first-order valence-electron chi connectivity index (χ1n) is 11.8. The molecule has 0 saturated heterocycles. The normalized spacial score (nSPS) is 10.4. The molecule has 39 heavy (non-hydrogen) atoms. The van der Waals surface area contributed by atoms with Crippen LogP contribution in [0.25, 0.3) is 0 Å². The number of anilines is 4. The van der Waals surface area contributed by atoms with Gasteiger partial charge in [0.15, 0.2) is 0 Å². The number of para-hydroxylation sites is 1. The molecule has 4 aromatic rings. The average Bonchev–Trinajstić information content (AvgIpc) is 2.95. The molecule has 0 fully saturated rings. The molecule has 0 aliphatic rings. The second-order valence-corrected chi connectivity index (χ2v) is 9.20. The molecule has 0 saturated carbocycles. The molecule has 4 rings (SSSR count). The van der Waals surface area contributed by atoms with Gasteiger partial charge in [-0.25, -0.2) is 0 Å². The highest BCUT2D eigenvalue weighted by Gasteiger charge is 2.15. The van der Waals surface area contributed by atoms with Crippen molar-refractivity contribution < 1.29 is 19.1 Å². The van der Waals surface area contributed by atoms with Gasteiger partial charge in [0.25, 0.3) is 11.8 Å². The first-order valence-corrected chi connectivity index (χ1v) is 12.6. The molecule has 10 heteroatoms. The van der Waals surface area contributed by atoms with Crippen molar-refractivity contribution in [1.82, 2.24) is 0 Å². The number of hydrogen-bond acceptors (Lipinski definition) is 6. The van der Waals surface area contributed by atoms with Crippen LogP contribution in [0.15, 0.2) is 78.9 Å². The van der Waals surface area contributed by atoms with Crippen molar-refractivity contribution in [1.29, 1.82) is 0 Å². The third kappa shape index (κ3) is 6.54. The first kappa shape index (κ1) is 27.6. The third-order valence-corrected chi connectivity index (χ3v) is 6.63. The van der Waals surface area contributed by atoms with E-state index in [1.807, 2.05) is 6.92 Å². The Morgan fingerprint density at radius 3 is 1.64 bits per heavy atom. The van der Waals surface area contributed by atoms with Crippen molar-refractivity contribution in [3.05, 3.63) is 106 Å². The van der Waals surface area contributed by atoms with Crippen LogP contribution in [0, 0.1) is 6.92 Å². The molecule has 0 aliphatic carbocycles. The summed E-state index contributed by atoms with van der Waals surface area (Å²) in [5.41, 5.74) is 9.72. The van der Waals surface area contributed by atoms with E-state index in [4.69, 9.17) is 32.7 Å². The van der Waals surface area contributed by atoms with Crippen molar-refractivity contribution in [2.24, 2.45) is 0 Å². The van der Waals surface area contributed by atoms with Gasteiger partial charge in [0.1, 0.15) is 11.5 Å². The van der Waals surface area contributed by atoms with Crippen LogP contribution in [-0.4, -0.2) is 26.0 Å². The number of benzene rings is 4. The monoisotopic (exact) mass is 564 g/mol. The molecule has 0 atom stereocenters. The molecule has 0 radical (unpaired) electrons. The van der Waals surface area contributed by atoms with E-state index in [0.29, 0.717) is 55.4 Å². The van der Waals surface area contributed by atoms with Crippen molar-refractivity contribution in [2.45, 2.75) is 6.92 Å². The minimum absolute atomic E-state index is 0.318. The number of carbonyl (C=O) groups excluding carboxylic acids is 2. The summed E-state index contributed by atoms with van der Waals surface area (Å²) in [4.78, 5) is 25.9. The van der Waals surface area contributed by atoms with Crippen molar-refractivity contribution >= 4 is 57.8 Å². The number of rotatable bonds is 9. The number of hydrogen-bond donors (Lipinski definition) is 4. The predicted octanol–water partition coefficient (Wildman–Crippen LogP) is 7.26. The smallest absolute Gasteiger partial charge is 0.255 e. The summed E-state index contributed by atoms with van der Waals surface area (Å²) >= 11 is 12.4. The fourth-order valence-electron chi connectivity index (χ4n) is 3.72. The maximum absolute atomic E-state index is 13.0. The number of halogens is 2. The minimum Gasteiger partial charge on any atom is -0.495 e. The van der Waals surface area contributed by atoms with Gasteiger partial charge < -0.3 is 20.1 Å². The fraction of sp³-hybridized carbons (Fsp3) is 0.103. The summed E-state index contributed by atoms with van der Waals surface area (Å²) in [6.07, 6.45) is 0. The zero-order chi connectivity index (χ0) is 27.9. The molecule has 8 nitrogen and oxygen atoms in total. The number of hydrazine groups is 1. The lowest BCUT2D eigenvalue weighted by atomic mass is 10.1. The molecular weight excluding hydrogens is 539 g/mol.